The maximum atomic E-state index is 13.0. The van der Waals surface area contributed by atoms with Crippen molar-refractivity contribution >= 4 is 21.8 Å². The summed E-state index contributed by atoms with van der Waals surface area (Å²) in [6, 6.07) is 0.463. The van der Waals surface area contributed by atoms with Gasteiger partial charge in [-0.1, -0.05) is 15.9 Å². The third-order valence-corrected chi connectivity index (χ3v) is 8.19. The van der Waals surface area contributed by atoms with Crippen molar-refractivity contribution in [1.29, 1.82) is 0 Å². The summed E-state index contributed by atoms with van der Waals surface area (Å²) in [6.07, 6.45) is 11.1. The van der Waals surface area contributed by atoms with Crippen molar-refractivity contribution < 1.29 is 4.79 Å². The van der Waals surface area contributed by atoms with Crippen LogP contribution < -0.4 is 0 Å². The summed E-state index contributed by atoms with van der Waals surface area (Å²) in [5.41, 5.74) is 0.310. The number of rotatable bonds is 3. The highest BCUT2D eigenvalue weighted by atomic mass is 79.9. The number of hydrogen-bond acceptors (Lipinski definition) is 2. The normalized spacial score (nSPS) is 43.8. The van der Waals surface area contributed by atoms with Crippen LogP contribution in [0.1, 0.15) is 57.8 Å². The summed E-state index contributed by atoms with van der Waals surface area (Å²) in [4.78, 5) is 17.5. The van der Waals surface area contributed by atoms with Crippen molar-refractivity contribution in [2.75, 3.05) is 27.2 Å². The lowest BCUT2D eigenvalue weighted by Gasteiger charge is -2.60. The Balaban J connectivity index is 1.42. The van der Waals surface area contributed by atoms with E-state index in [1.165, 1.54) is 38.5 Å². The highest BCUT2D eigenvalue weighted by Crippen LogP contribution is 2.65. The standard InChI is InChI=1S/C19H31BrN2O/c1-21-5-3-16(4-6-21)22(2)17(23)12-18-8-14-7-15(9-18)11-19(20,10-14)13-18/h14-16H,3-13H2,1-2H3/t14-,15+,18?,19?. The maximum absolute atomic E-state index is 13.0. The number of likely N-dealkylation sites (tertiary alicyclic amines) is 1. The van der Waals surface area contributed by atoms with Gasteiger partial charge < -0.3 is 9.80 Å². The Kier molecular flexibility index (Phi) is 4.08. The minimum Gasteiger partial charge on any atom is -0.343 e. The number of alkyl halides is 1. The van der Waals surface area contributed by atoms with Gasteiger partial charge >= 0.3 is 0 Å². The van der Waals surface area contributed by atoms with E-state index in [2.05, 4.69) is 39.8 Å². The summed E-state index contributed by atoms with van der Waals surface area (Å²) < 4.78 is 0.365. The van der Waals surface area contributed by atoms with Crippen LogP contribution in [-0.4, -0.2) is 53.3 Å². The van der Waals surface area contributed by atoms with Crippen LogP contribution in [0.3, 0.4) is 0 Å². The topological polar surface area (TPSA) is 23.6 Å². The fourth-order valence-corrected chi connectivity index (χ4v) is 8.08. The summed E-state index contributed by atoms with van der Waals surface area (Å²) >= 11 is 4.07. The van der Waals surface area contributed by atoms with Crippen molar-refractivity contribution in [3.8, 4) is 0 Å². The van der Waals surface area contributed by atoms with Gasteiger partial charge in [-0.15, -0.1) is 0 Å². The van der Waals surface area contributed by atoms with E-state index >= 15 is 0 Å². The first kappa shape index (κ1) is 16.4. The maximum Gasteiger partial charge on any atom is 0.223 e. The summed E-state index contributed by atoms with van der Waals surface area (Å²) in [6.45, 7) is 2.25. The first-order valence-corrected chi connectivity index (χ1v) is 10.3. The van der Waals surface area contributed by atoms with Gasteiger partial charge in [-0.25, -0.2) is 0 Å². The van der Waals surface area contributed by atoms with Crippen LogP contribution in [0.25, 0.3) is 0 Å². The third-order valence-electron chi connectivity index (χ3n) is 7.27. The summed E-state index contributed by atoms with van der Waals surface area (Å²) in [5, 5.41) is 0. The van der Waals surface area contributed by atoms with Crippen molar-refractivity contribution in [3.05, 3.63) is 0 Å². The lowest BCUT2D eigenvalue weighted by molar-refractivity contribution is -0.140. The highest BCUT2D eigenvalue weighted by Gasteiger charge is 2.57. The molecule has 5 fully saturated rings. The monoisotopic (exact) mass is 382 g/mol. The summed E-state index contributed by atoms with van der Waals surface area (Å²) in [5.74, 6) is 2.16. The van der Waals surface area contributed by atoms with E-state index in [-0.39, 0.29) is 0 Å². The molecule has 1 heterocycles. The zero-order valence-electron chi connectivity index (χ0n) is 14.7. The van der Waals surface area contributed by atoms with E-state index in [9.17, 15) is 4.79 Å². The molecule has 4 aliphatic carbocycles. The molecule has 5 aliphatic rings. The second kappa shape index (κ2) is 5.72. The Morgan fingerprint density at radius 2 is 1.78 bits per heavy atom. The number of carbonyl (C=O) groups excluding carboxylic acids is 1. The zero-order chi connectivity index (χ0) is 16.2. The van der Waals surface area contributed by atoms with Crippen LogP contribution in [-0.2, 0) is 4.79 Å². The van der Waals surface area contributed by atoms with Gasteiger partial charge in [0.05, 0.1) is 0 Å². The number of nitrogens with zero attached hydrogens (tertiary/aromatic N) is 2. The molecular formula is C19H31BrN2O. The molecule has 1 aliphatic heterocycles. The predicted molar refractivity (Wildman–Crippen MR) is 96.7 cm³/mol. The Morgan fingerprint density at radius 1 is 1.17 bits per heavy atom. The number of hydrogen-bond donors (Lipinski definition) is 0. The van der Waals surface area contributed by atoms with E-state index in [1.54, 1.807) is 0 Å². The molecule has 0 radical (unpaired) electrons. The molecule has 3 nitrogen and oxygen atoms in total. The number of halogens is 1. The molecule has 0 aromatic carbocycles. The van der Waals surface area contributed by atoms with Gasteiger partial charge in [0.25, 0.3) is 0 Å². The summed E-state index contributed by atoms with van der Waals surface area (Å²) in [7, 11) is 4.24. The van der Waals surface area contributed by atoms with Crippen LogP contribution in [0.15, 0.2) is 0 Å². The molecule has 0 N–H and O–H groups in total. The van der Waals surface area contributed by atoms with E-state index in [0.717, 1.165) is 44.2 Å². The SMILES string of the molecule is CN1CCC(N(C)C(=O)CC23C[C@@H]4C[C@@H](CC(Br)(C4)C2)C3)CC1. The van der Waals surface area contributed by atoms with Gasteiger partial charge in [0.15, 0.2) is 0 Å². The average Bonchev–Trinajstić information content (AvgIpc) is 2.44. The number of piperidine rings is 1. The van der Waals surface area contributed by atoms with Crippen LogP contribution in [0.4, 0.5) is 0 Å². The van der Waals surface area contributed by atoms with Gasteiger partial charge in [-0.05, 0) is 88.8 Å². The second-order valence-corrected chi connectivity index (χ2v) is 11.0. The van der Waals surface area contributed by atoms with Gasteiger partial charge in [0, 0.05) is 23.8 Å². The van der Waals surface area contributed by atoms with E-state index in [0.29, 0.717) is 21.7 Å². The molecular weight excluding hydrogens is 352 g/mol. The lowest BCUT2D eigenvalue weighted by Crippen LogP contribution is -2.54. The van der Waals surface area contributed by atoms with E-state index < -0.39 is 0 Å². The smallest absolute Gasteiger partial charge is 0.223 e. The first-order chi connectivity index (χ1) is 10.9. The Morgan fingerprint density at radius 3 is 2.35 bits per heavy atom. The minimum absolute atomic E-state index is 0.310. The second-order valence-electron chi connectivity index (χ2n) is 9.33. The molecule has 0 spiro atoms. The molecule has 4 heteroatoms. The molecule has 0 aromatic rings. The zero-order valence-corrected chi connectivity index (χ0v) is 16.3. The molecule has 23 heavy (non-hydrogen) atoms. The fourth-order valence-electron chi connectivity index (χ4n) is 6.57. The van der Waals surface area contributed by atoms with Gasteiger partial charge in [0.2, 0.25) is 5.91 Å². The van der Waals surface area contributed by atoms with Crippen molar-refractivity contribution in [2.45, 2.75) is 68.2 Å². The van der Waals surface area contributed by atoms with Crippen molar-refractivity contribution in [1.82, 2.24) is 9.80 Å². The molecule has 4 atom stereocenters. The predicted octanol–water partition coefficient (Wildman–Crippen LogP) is 3.66. The molecule has 0 aromatic heterocycles. The Labute approximate surface area is 149 Å². The fraction of sp³-hybridized carbons (Fsp3) is 0.947. The average molecular weight is 383 g/mol. The molecule has 4 bridgehead atoms. The number of amides is 1. The highest BCUT2D eigenvalue weighted by molar-refractivity contribution is 9.10. The van der Waals surface area contributed by atoms with Gasteiger partial charge in [-0.2, -0.15) is 0 Å². The molecule has 2 unspecified atom stereocenters. The van der Waals surface area contributed by atoms with Crippen LogP contribution in [0.5, 0.6) is 0 Å². The Bertz CT molecular complexity index is 472. The Hall–Kier alpha value is -0.0900. The molecule has 130 valence electrons. The van der Waals surface area contributed by atoms with Crippen molar-refractivity contribution in [2.24, 2.45) is 17.3 Å². The van der Waals surface area contributed by atoms with E-state index in [1.807, 2.05) is 0 Å². The van der Waals surface area contributed by atoms with Crippen LogP contribution in [0.2, 0.25) is 0 Å². The quantitative estimate of drug-likeness (QED) is 0.695. The van der Waals surface area contributed by atoms with Crippen LogP contribution in [0, 0.1) is 17.3 Å². The van der Waals surface area contributed by atoms with Gasteiger partial charge in [-0.3, -0.25) is 4.79 Å². The van der Waals surface area contributed by atoms with Crippen molar-refractivity contribution in [3.63, 3.8) is 0 Å². The van der Waals surface area contributed by atoms with E-state index in [4.69, 9.17) is 0 Å². The van der Waals surface area contributed by atoms with Crippen LogP contribution >= 0.6 is 15.9 Å². The number of carbonyl (C=O) groups is 1. The molecule has 1 amide bonds. The lowest BCUT2D eigenvalue weighted by atomic mass is 9.48. The molecule has 4 saturated carbocycles. The largest absolute Gasteiger partial charge is 0.343 e. The molecule has 5 rings (SSSR count). The third kappa shape index (κ3) is 3.10. The first-order valence-electron chi connectivity index (χ1n) is 9.50. The minimum atomic E-state index is 0.310. The molecule has 1 saturated heterocycles. The van der Waals surface area contributed by atoms with Gasteiger partial charge in [0.1, 0.15) is 0 Å².